The van der Waals surface area contributed by atoms with Gasteiger partial charge in [0.2, 0.25) is 0 Å². The minimum atomic E-state index is -1.10. The SMILES string of the molecule is CC(O)(c1ccc(I)cc1)c1ccnn1-c1ccccc1. The van der Waals surface area contributed by atoms with E-state index in [1.165, 1.54) is 0 Å². The Balaban J connectivity index is 2.08. The predicted octanol–water partition coefficient (Wildman–Crippen LogP) is 3.73. The van der Waals surface area contributed by atoms with Crippen LogP contribution in [0.25, 0.3) is 5.69 Å². The van der Waals surface area contributed by atoms with E-state index in [4.69, 9.17) is 0 Å². The van der Waals surface area contributed by atoms with E-state index in [1.807, 2.05) is 60.7 Å². The molecule has 0 fully saturated rings. The van der Waals surface area contributed by atoms with Crippen LogP contribution in [0.3, 0.4) is 0 Å². The highest BCUT2D eigenvalue weighted by atomic mass is 127. The second-order valence-electron chi connectivity index (χ2n) is 5.04. The summed E-state index contributed by atoms with van der Waals surface area (Å²) < 4.78 is 2.92. The van der Waals surface area contributed by atoms with Crippen molar-refractivity contribution in [3.8, 4) is 5.69 Å². The van der Waals surface area contributed by atoms with E-state index < -0.39 is 5.60 Å². The number of benzene rings is 2. The molecule has 0 spiro atoms. The Labute approximate surface area is 137 Å². The lowest BCUT2D eigenvalue weighted by molar-refractivity contribution is 0.0946. The van der Waals surface area contributed by atoms with Gasteiger partial charge in [0.1, 0.15) is 5.60 Å². The van der Waals surface area contributed by atoms with Crippen LogP contribution in [0, 0.1) is 3.57 Å². The van der Waals surface area contributed by atoms with E-state index in [0.717, 1.165) is 20.5 Å². The van der Waals surface area contributed by atoms with Crippen LogP contribution < -0.4 is 0 Å². The van der Waals surface area contributed by atoms with Crippen LogP contribution in [-0.2, 0) is 5.60 Å². The molecule has 0 amide bonds. The van der Waals surface area contributed by atoms with E-state index in [-0.39, 0.29) is 0 Å². The number of aliphatic hydroxyl groups is 1. The molecule has 0 bridgehead atoms. The summed E-state index contributed by atoms with van der Waals surface area (Å²) in [5, 5.41) is 15.4. The molecule has 3 nitrogen and oxygen atoms in total. The average molecular weight is 390 g/mol. The molecule has 1 aromatic heterocycles. The third-order valence-electron chi connectivity index (χ3n) is 3.55. The molecule has 0 saturated carbocycles. The molecule has 0 saturated heterocycles. The van der Waals surface area contributed by atoms with Gasteiger partial charge < -0.3 is 5.11 Å². The lowest BCUT2D eigenvalue weighted by atomic mass is 9.92. The minimum Gasteiger partial charge on any atom is -0.379 e. The summed E-state index contributed by atoms with van der Waals surface area (Å²) >= 11 is 2.25. The Hall–Kier alpha value is -1.66. The summed E-state index contributed by atoms with van der Waals surface area (Å²) in [6, 6.07) is 19.6. The van der Waals surface area contributed by atoms with Gasteiger partial charge in [0.15, 0.2) is 0 Å². The number of hydrogen-bond donors (Lipinski definition) is 1. The van der Waals surface area contributed by atoms with Crippen molar-refractivity contribution < 1.29 is 5.11 Å². The normalized spacial score (nSPS) is 13.9. The van der Waals surface area contributed by atoms with Gasteiger partial charge in [-0.15, -0.1) is 0 Å². The van der Waals surface area contributed by atoms with Crippen LogP contribution in [0.2, 0.25) is 0 Å². The van der Waals surface area contributed by atoms with Crippen LogP contribution in [0.15, 0.2) is 66.9 Å². The third kappa shape index (κ3) is 2.73. The minimum absolute atomic E-state index is 0.745. The van der Waals surface area contributed by atoms with Gasteiger partial charge >= 0.3 is 0 Å². The van der Waals surface area contributed by atoms with Crippen molar-refractivity contribution in [3.05, 3.63) is 81.7 Å². The predicted molar refractivity (Wildman–Crippen MR) is 91.4 cm³/mol. The van der Waals surface area contributed by atoms with Gasteiger partial charge in [-0.2, -0.15) is 5.10 Å². The molecular formula is C17H15IN2O. The largest absolute Gasteiger partial charge is 0.379 e. The zero-order valence-corrected chi connectivity index (χ0v) is 13.7. The van der Waals surface area contributed by atoms with Crippen molar-refractivity contribution in [2.45, 2.75) is 12.5 Å². The number of nitrogens with zero attached hydrogens (tertiary/aromatic N) is 2. The summed E-state index contributed by atoms with van der Waals surface area (Å²) in [7, 11) is 0. The summed E-state index contributed by atoms with van der Waals surface area (Å²) in [5.41, 5.74) is 1.43. The maximum Gasteiger partial charge on any atom is 0.129 e. The Morgan fingerprint density at radius 2 is 1.67 bits per heavy atom. The maximum absolute atomic E-state index is 11.0. The van der Waals surface area contributed by atoms with Crippen LogP contribution in [0.5, 0.6) is 0 Å². The molecule has 3 aromatic rings. The number of para-hydroxylation sites is 1. The van der Waals surface area contributed by atoms with Gasteiger partial charge in [-0.1, -0.05) is 30.3 Å². The molecule has 4 heteroatoms. The number of hydrogen-bond acceptors (Lipinski definition) is 2. The smallest absolute Gasteiger partial charge is 0.129 e. The molecule has 3 rings (SSSR count). The number of aromatic nitrogens is 2. The van der Waals surface area contributed by atoms with Gasteiger partial charge in [-0.05, 0) is 65.4 Å². The zero-order chi connectivity index (χ0) is 14.9. The monoisotopic (exact) mass is 390 g/mol. The number of rotatable bonds is 3. The van der Waals surface area contributed by atoms with Crippen molar-refractivity contribution in [1.29, 1.82) is 0 Å². The molecule has 1 heterocycles. The highest BCUT2D eigenvalue weighted by molar-refractivity contribution is 14.1. The van der Waals surface area contributed by atoms with Gasteiger partial charge in [0.25, 0.3) is 0 Å². The van der Waals surface area contributed by atoms with E-state index in [2.05, 4.69) is 27.7 Å². The van der Waals surface area contributed by atoms with E-state index in [1.54, 1.807) is 17.8 Å². The third-order valence-corrected chi connectivity index (χ3v) is 4.27. The van der Waals surface area contributed by atoms with Crippen molar-refractivity contribution in [1.82, 2.24) is 9.78 Å². The first-order valence-corrected chi connectivity index (χ1v) is 7.75. The van der Waals surface area contributed by atoms with Gasteiger partial charge in [-0.3, -0.25) is 0 Å². The second-order valence-corrected chi connectivity index (χ2v) is 6.29. The highest BCUT2D eigenvalue weighted by Gasteiger charge is 2.29. The first-order valence-electron chi connectivity index (χ1n) is 6.67. The Kier molecular flexibility index (Phi) is 3.82. The van der Waals surface area contributed by atoms with Gasteiger partial charge in [0, 0.05) is 9.77 Å². The van der Waals surface area contributed by atoms with E-state index >= 15 is 0 Å². The topological polar surface area (TPSA) is 38.1 Å². The van der Waals surface area contributed by atoms with Crippen molar-refractivity contribution in [3.63, 3.8) is 0 Å². The molecule has 21 heavy (non-hydrogen) atoms. The van der Waals surface area contributed by atoms with Gasteiger partial charge in [-0.25, -0.2) is 4.68 Å². The molecular weight excluding hydrogens is 375 g/mol. The molecule has 1 N–H and O–H groups in total. The fourth-order valence-corrected chi connectivity index (χ4v) is 2.73. The summed E-state index contributed by atoms with van der Waals surface area (Å²) in [4.78, 5) is 0. The second kappa shape index (κ2) is 5.61. The molecule has 0 radical (unpaired) electrons. The van der Waals surface area contributed by atoms with Crippen LogP contribution in [0.4, 0.5) is 0 Å². The molecule has 0 aliphatic heterocycles. The average Bonchev–Trinajstić information content (AvgIpc) is 2.99. The summed E-state index contributed by atoms with van der Waals surface area (Å²) in [6.45, 7) is 1.80. The summed E-state index contributed by atoms with van der Waals surface area (Å²) in [6.07, 6.45) is 1.71. The molecule has 0 aliphatic carbocycles. The van der Waals surface area contributed by atoms with E-state index in [0.29, 0.717) is 0 Å². The van der Waals surface area contributed by atoms with Crippen LogP contribution in [-0.4, -0.2) is 14.9 Å². The van der Waals surface area contributed by atoms with E-state index in [9.17, 15) is 5.11 Å². The Morgan fingerprint density at radius 3 is 2.33 bits per heavy atom. The Bertz CT molecular complexity index is 733. The Morgan fingerprint density at radius 1 is 1.00 bits per heavy atom. The lowest BCUT2D eigenvalue weighted by Crippen LogP contribution is -2.26. The van der Waals surface area contributed by atoms with Crippen molar-refractivity contribution in [2.24, 2.45) is 0 Å². The lowest BCUT2D eigenvalue weighted by Gasteiger charge is -2.25. The number of halogens is 1. The van der Waals surface area contributed by atoms with Gasteiger partial charge in [0.05, 0.1) is 11.4 Å². The van der Waals surface area contributed by atoms with Crippen molar-refractivity contribution in [2.75, 3.05) is 0 Å². The standard InChI is InChI=1S/C17H15IN2O/c1-17(21,13-7-9-14(18)10-8-13)16-11-12-19-20(16)15-5-3-2-4-6-15/h2-12,21H,1H3. The van der Waals surface area contributed by atoms with Crippen molar-refractivity contribution >= 4 is 22.6 Å². The maximum atomic E-state index is 11.0. The molecule has 1 atom stereocenters. The molecule has 2 aromatic carbocycles. The first kappa shape index (κ1) is 14.3. The quantitative estimate of drug-likeness (QED) is 0.693. The summed E-state index contributed by atoms with van der Waals surface area (Å²) in [5.74, 6) is 0. The molecule has 106 valence electrons. The van der Waals surface area contributed by atoms with Crippen LogP contribution in [0.1, 0.15) is 18.2 Å². The first-order chi connectivity index (χ1) is 10.1. The highest BCUT2D eigenvalue weighted by Crippen LogP contribution is 2.30. The molecule has 0 aliphatic rings. The fraction of sp³-hybridized carbons (Fsp3) is 0.118. The molecule has 1 unspecified atom stereocenters. The fourth-order valence-electron chi connectivity index (χ4n) is 2.37. The zero-order valence-electron chi connectivity index (χ0n) is 11.6. The van der Waals surface area contributed by atoms with Crippen LogP contribution >= 0.6 is 22.6 Å².